The van der Waals surface area contributed by atoms with Gasteiger partial charge in [0.1, 0.15) is 0 Å². The van der Waals surface area contributed by atoms with Gasteiger partial charge in [0.2, 0.25) is 11.7 Å². The number of fused-ring (bicyclic) bond motifs is 3. The second kappa shape index (κ2) is 7.48. The molecule has 0 spiro atoms. The van der Waals surface area contributed by atoms with Gasteiger partial charge in [-0.05, 0) is 12.0 Å². The van der Waals surface area contributed by atoms with E-state index < -0.39 is 27.6 Å². The number of imidazole rings is 1. The number of rotatable bonds is 5. The second-order valence-electron chi connectivity index (χ2n) is 7.49. The zero-order valence-corrected chi connectivity index (χ0v) is 17.6. The smallest absolute Gasteiger partial charge is 0.332 e. The highest BCUT2D eigenvalue weighted by atomic mass is 16.6. The van der Waals surface area contributed by atoms with Crippen molar-refractivity contribution in [3.8, 4) is 5.88 Å². The van der Waals surface area contributed by atoms with Crippen LogP contribution in [0.3, 0.4) is 0 Å². The Morgan fingerprint density at radius 3 is 2.31 bits per heavy atom. The van der Waals surface area contributed by atoms with Gasteiger partial charge in [0, 0.05) is 26.2 Å². The molecule has 1 N–H and O–H groups in total. The van der Waals surface area contributed by atoms with Crippen LogP contribution in [0.5, 0.6) is 5.88 Å². The van der Waals surface area contributed by atoms with Crippen molar-refractivity contribution in [1.82, 2.24) is 23.1 Å². The van der Waals surface area contributed by atoms with Crippen molar-refractivity contribution in [2.24, 2.45) is 14.1 Å². The average Bonchev–Trinajstić information content (AvgIpc) is 3.18. The van der Waals surface area contributed by atoms with E-state index in [1.807, 2.05) is 6.92 Å². The number of nitrogens with zero attached hydrogens (tertiary/aromatic N) is 6. The Balaban J connectivity index is 2.10. The number of hydrogen-bond donors (Lipinski definition) is 1. The number of non-ortho nitro benzene ring substituents is 1. The van der Waals surface area contributed by atoms with Gasteiger partial charge in [0.05, 0.1) is 17.0 Å². The van der Waals surface area contributed by atoms with Gasteiger partial charge < -0.3 is 5.11 Å². The van der Waals surface area contributed by atoms with Crippen LogP contribution in [0.15, 0.2) is 38.6 Å². The minimum Gasteiger partial charge on any atom is -0.494 e. The summed E-state index contributed by atoms with van der Waals surface area (Å²) in [6, 6.07) is 5.69. The van der Waals surface area contributed by atoms with E-state index in [-0.39, 0.29) is 41.2 Å². The molecule has 0 amide bonds. The van der Waals surface area contributed by atoms with E-state index in [1.54, 1.807) is 0 Å². The SMILES string of the molecule is CCCc1c(O)n2c3c(=O)n(C)c(=O)n(C)c3nc2n(Cc2ccc([N+](=O)[O-])cc2)c1=O. The normalized spacial score (nSPS) is 11.5. The molecular weight excluding hydrogens is 420 g/mol. The predicted molar refractivity (Wildman–Crippen MR) is 115 cm³/mol. The lowest BCUT2D eigenvalue weighted by Crippen LogP contribution is -2.37. The van der Waals surface area contributed by atoms with E-state index >= 15 is 0 Å². The molecule has 1 aromatic carbocycles. The van der Waals surface area contributed by atoms with Crippen LogP contribution >= 0.6 is 0 Å². The summed E-state index contributed by atoms with van der Waals surface area (Å²) in [6.45, 7) is 1.84. The molecule has 0 aliphatic heterocycles. The van der Waals surface area contributed by atoms with Gasteiger partial charge in [-0.2, -0.15) is 4.98 Å². The van der Waals surface area contributed by atoms with Crippen molar-refractivity contribution >= 4 is 22.6 Å². The Hall–Kier alpha value is -4.22. The van der Waals surface area contributed by atoms with E-state index in [2.05, 4.69) is 4.98 Å². The van der Waals surface area contributed by atoms with Gasteiger partial charge in [-0.3, -0.25) is 33.4 Å². The molecule has 0 aliphatic rings. The molecule has 12 nitrogen and oxygen atoms in total. The average molecular weight is 440 g/mol. The summed E-state index contributed by atoms with van der Waals surface area (Å²) in [7, 11) is 2.76. The molecule has 0 bridgehead atoms. The lowest BCUT2D eigenvalue weighted by Gasteiger charge is -2.13. The van der Waals surface area contributed by atoms with Crippen LogP contribution in [-0.4, -0.2) is 33.1 Å². The summed E-state index contributed by atoms with van der Waals surface area (Å²) in [4.78, 5) is 53.2. The lowest BCUT2D eigenvalue weighted by atomic mass is 10.1. The topological polar surface area (TPSA) is 147 Å². The monoisotopic (exact) mass is 440 g/mol. The molecule has 0 atom stereocenters. The quantitative estimate of drug-likeness (QED) is 0.354. The molecule has 0 fully saturated rings. The van der Waals surface area contributed by atoms with Gasteiger partial charge in [-0.15, -0.1) is 0 Å². The van der Waals surface area contributed by atoms with Crippen LogP contribution in [0.2, 0.25) is 0 Å². The van der Waals surface area contributed by atoms with E-state index in [0.29, 0.717) is 12.0 Å². The molecule has 0 unspecified atom stereocenters. The molecule has 0 saturated carbocycles. The minimum atomic E-state index is -0.658. The molecule has 12 heteroatoms. The molecule has 32 heavy (non-hydrogen) atoms. The highest BCUT2D eigenvalue weighted by molar-refractivity contribution is 5.76. The molecule has 3 heterocycles. The molecule has 4 rings (SSSR count). The summed E-state index contributed by atoms with van der Waals surface area (Å²) in [5.74, 6) is -0.413. The fourth-order valence-electron chi connectivity index (χ4n) is 3.77. The van der Waals surface area contributed by atoms with E-state index in [0.717, 1.165) is 4.57 Å². The summed E-state index contributed by atoms with van der Waals surface area (Å²) >= 11 is 0. The van der Waals surface area contributed by atoms with Crippen molar-refractivity contribution in [3.63, 3.8) is 0 Å². The van der Waals surface area contributed by atoms with Crippen LogP contribution in [0, 0.1) is 10.1 Å². The Morgan fingerprint density at radius 2 is 1.72 bits per heavy atom. The first-order valence-electron chi connectivity index (χ1n) is 9.83. The van der Waals surface area contributed by atoms with Gasteiger partial charge in [-0.25, -0.2) is 9.20 Å². The molecule has 0 saturated heterocycles. The van der Waals surface area contributed by atoms with Crippen LogP contribution in [-0.2, 0) is 27.1 Å². The Kier molecular flexibility index (Phi) is 4.92. The number of hydrogen-bond acceptors (Lipinski definition) is 7. The zero-order chi connectivity index (χ0) is 23.3. The Labute approximate surface area is 179 Å². The van der Waals surface area contributed by atoms with Crippen molar-refractivity contribution in [1.29, 1.82) is 0 Å². The lowest BCUT2D eigenvalue weighted by molar-refractivity contribution is -0.384. The minimum absolute atomic E-state index is 0.00505. The maximum atomic E-state index is 13.2. The van der Waals surface area contributed by atoms with Gasteiger partial charge in [0.25, 0.3) is 16.8 Å². The number of benzene rings is 1. The van der Waals surface area contributed by atoms with Crippen molar-refractivity contribution in [3.05, 3.63) is 76.7 Å². The van der Waals surface area contributed by atoms with Crippen molar-refractivity contribution in [2.75, 3.05) is 0 Å². The fourth-order valence-corrected chi connectivity index (χ4v) is 3.77. The maximum Gasteiger partial charge on any atom is 0.332 e. The first kappa shape index (κ1) is 21.0. The Morgan fingerprint density at radius 1 is 1.06 bits per heavy atom. The number of aromatic hydroxyl groups is 1. The van der Waals surface area contributed by atoms with E-state index in [4.69, 9.17) is 0 Å². The summed E-state index contributed by atoms with van der Waals surface area (Å²) in [6.07, 6.45) is 0.821. The summed E-state index contributed by atoms with van der Waals surface area (Å²) in [5, 5.41) is 21.8. The molecule has 0 aliphatic carbocycles. The molecule has 3 aromatic heterocycles. The third-order valence-corrected chi connectivity index (χ3v) is 5.45. The number of aryl methyl sites for hydroxylation is 1. The van der Waals surface area contributed by atoms with Gasteiger partial charge in [-0.1, -0.05) is 25.5 Å². The largest absolute Gasteiger partial charge is 0.494 e. The van der Waals surface area contributed by atoms with Gasteiger partial charge in [0.15, 0.2) is 11.2 Å². The summed E-state index contributed by atoms with van der Waals surface area (Å²) in [5.41, 5.74) is -1.15. The Bertz CT molecular complexity index is 1570. The molecule has 166 valence electrons. The third kappa shape index (κ3) is 2.99. The van der Waals surface area contributed by atoms with E-state index in [9.17, 15) is 29.6 Å². The van der Waals surface area contributed by atoms with Gasteiger partial charge >= 0.3 is 5.69 Å². The van der Waals surface area contributed by atoms with Crippen LogP contribution in [0.25, 0.3) is 16.9 Å². The first-order chi connectivity index (χ1) is 15.2. The number of nitro benzene ring substituents is 1. The summed E-state index contributed by atoms with van der Waals surface area (Å²) < 4.78 is 4.55. The van der Waals surface area contributed by atoms with Crippen LogP contribution in [0.4, 0.5) is 5.69 Å². The standard InChI is InChI=1S/C20H20N6O6/c1-4-5-13-16(27)24(10-11-6-8-12(9-7-11)26(31)32)19-21-15-14(25(19)17(13)28)18(29)23(3)20(30)22(15)2/h6-9,28H,4-5,10H2,1-3H3. The zero-order valence-electron chi connectivity index (χ0n) is 17.6. The van der Waals surface area contributed by atoms with Crippen molar-refractivity contribution < 1.29 is 10.0 Å². The van der Waals surface area contributed by atoms with Crippen LogP contribution < -0.4 is 16.8 Å². The first-order valence-corrected chi connectivity index (χ1v) is 9.83. The van der Waals surface area contributed by atoms with E-state index in [1.165, 1.54) is 51.9 Å². The molecule has 0 radical (unpaired) electrons. The number of aromatic nitrogens is 5. The second-order valence-corrected chi connectivity index (χ2v) is 7.49. The molecular formula is C20H20N6O6. The highest BCUT2D eigenvalue weighted by Crippen LogP contribution is 2.23. The molecule has 4 aromatic rings. The maximum absolute atomic E-state index is 13.2. The van der Waals surface area contributed by atoms with Crippen molar-refractivity contribution in [2.45, 2.75) is 26.3 Å². The number of nitro groups is 1. The fraction of sp³-hybridized carbons (Fsp3) is 0.300. The van der Waals surface area contributed by atoms with Crippen LogP contribution in [0.1, 0.15) is 24.5 Å². The highest BCUT2D eigenvalue weighted by Gasteiger charge is 2.24. The predicted octanol–water partition coefficient (Wildman–Crippen LogP) is 0.661. The third-order valence-electron chi connectivity index (χ3n) is 5.45.